The summed E-state index contributed by atoms with van der Waals surface area (Å²) in [5, 5.41) is 8.74. The Hall–Kier alpha value is -1.37. The molecule has 1 saturated heterocycles. The number of rotatable bonds is 5. The SMILES string of the molecule is CCCN(C(=O)c1cc2cnn(C(C)C)c2nc1C)C1CCNCC1.Cl.Cl. The average molecular weight is 416 g/mol. The molecule has 0 bridgehead atoms. The highest BCUT2D eigenvalue weighted by Gasteiger charge is 2.27. The number of carbonyl (C=O) groups is 1. The number of fused-ring (bicyclic) bond motifs is 1. The van der Waals surface area contributed by atoms with Gasteiger partial charge >= 0.3 is 0 Å². The van der Waals surface area contributed by atoms with Crippen LogP contribution in [-0.4, -0.2) is 51.2 Å². The third kappa shape index (κ3) is 4.92. The Balaban J connectivity index is 0.00000182. The van der Waals surface area contributed by atoms with Crippen LogP contribution in [-0.2, 0) is 0 Å². The number of nitrogens with zero attached hydrogens (tertiary/aromatic N) is 4. The largest absolute Gasteiger partial charge is 0.336 e. The maximum Gasteiger partial charge on any atom is 0.255 e. The molecule has 1 N–H and O–H groups in total. The molecule has 0 unspecified atom stereocenters. The third-order valence-electron chi connectivity index (χ3n) is 4.95. The molecule has 8 heteroatoms. The molecule has 0 aromatic carbocycles. The Morgan fingerprint density at radius 1 is 1.33 bits per heavy atom. The Morgan fingerprint density at radius 3 is 2.59 bits per heavy atom. The molecule has 27 heavy (non-hydrogen) atoms. The van der Waals surface area contributed by atoms with Crippen LogP contribution in [0.1, 0.15) is 62.1 Å². The number of pyridine rings is 1. The topological polar surface area (TPSA) is 63.1 Å². The van der Waals surface area contributed by atoms with Crippen LogP contribution in [0.5, 0.6) is 0 Å². The summed E-state index contributed by atoms with van der Waals surface area (Å²) in [5.74, 6) is 0.109. The van der Waals surface area contributed by atoms with Crippen molar-refractivity contribution in [2.24, 2.45) is 0 Å². The first-order valence-electron chi connectivity index (χ1n) is 9.39. The lowest BCUT2D eigenvalue weighted by molar-refractivity contribution is 0.0641. The van der Waals surface area contributed by atoms with Gasteiger partial charge in [0.2, 0.25) is 0 Å². The van der Waals surface area contributed by atoms with Crippen LogP contribution in [0, 0.1) is 6.92 Å². The van der Waals surface area contributed by atoms with E-state index >= 15 is 0 Å². The van der Waals surface area contributed by atoms with Crippen molar-refractivity contribution in [1.29, 1.82) is 0 Å². The van der Waals surface area contributed by atoms with Gasteiger partial charge in [0, 0.05) is 24.0 Å². The van der Waals surface area contributed by atoms with Crippen LogP contribution in [0.3, 0.4) is 0 Å². The molecule has 1 aliphatic rings. The van der Waals surface area contributed by atoms with Crippen molar-refractivity contribution in [3.63, 3.8) is 0 Å². The Morgan fingerprint density at radius 2 is 2.00 bits per heavy atom. The summed E-state index contributed by atoms with van der Waals surface area (Å²) in [6, 6.07) is 2.54. The molecule has 3 rings (SSSR count). The van der Waals surface area contributed by atoms with E-state index in [0.29, 0.717) is 11.6 Å². The number of piperidine rings is 1. The molecule has 0 radical (unpaired) electrons. The van der Waals surface area contributed by atoms with Gasteiger partial charge in [-0.15, -0.1) is 24.8 Å². The van der Waals surface area contributed by atoms with Crippen LogP contribution in [0.4, 0.5) is 0 Å². The predicted molar refractivity (Wildman–Crippen MR) is 114 cm³/mol. The summed E-state index contributed by atoms with van der Waals surface area (Å²) in [5.41, 5.74) is 2.35. The highest BCUT2D eigenvalue weighted by Crippen LogP contribution is 2.22. The third-order valence-corrected chi connectivity index (χ3v) is 4.95. The van der Waals surface area contributed by atoms with E-state index in [9.17, 15) is 4.79 Å². The lowest BCUT2D eigenvalue weighted by atomic mass is 10.0. The minimum atomic E-state index is 0. The van der Waals surface area contributed by atoms with E-state index < -0.39 is 0 Å². The van der Waals surface area contributed by atoms with Gasteiger partial charge in [0.25, 0.3) is 5.91 Å². The van der Waals surface area contributed by atoms with Gasteiger partial charge < -0.3 is 10.2 Å². The zero-order chi connectivity index (χ0) is 18.0. The van der Waals surface area contributed by atoms with Gasteiger partial charge in [-0.25, -0.2) is 9.67 Å². The summed E-state index contributed by atoms with van der Waals surface area (Å²) >= 11 is 0. The van der Waals surface area contributed by atoms with Crippen LogP contribution in [0.15, 0.2) is 12.3 Å². The normalized spacial score (nSPS) is 14.7. The molecule has 1 fully saturated rings. The number of carbonyl (C=O) groups excluding carboxylic acids is 1. The van der Waals surface area contributed by atoms with Gasteiger partial charge in [-0.2, -0.15) is 5.10 Å². The zero-order valence-corrected chi connectivity index (χ0v) is 18.2. The van der Waals surface area contributed by atoms with Crippen LogP contribution in [0.2, 0.25) is 0 Å². The fraction of sp³-hybridized carbons (Fsp3) is 0.632. The molecular weight excluding hydrogens is 385 g/mol. The van der Waals surface area contributed by atoms with Gasteiger partial charge in [-0.1, -0.05) is 6.92 Å². The quantitative estimate of drug-likeness (QED) is 0.806. The lowest BCUT2D eigenvalue weighted by Crippen LogP contribution is -2.46. The number of hydrogen-bond acceptors (Lipinski definition) is 4. The number of hydrogen-bond donors (Lipinski definition) is 1. The first-order valence-corrected chi connectivity index (χ1v) is 9.39. The van der Waals surface area contributed by atoms with Crippen molar-refractivity contribution in [1.82, 2.24) is 25.0 Å². The van der Waals surface area contributed by atoms with Crippen LogP contribution in [0.25, 0.3) is 11.0 Å². The highest BCUT2D eigenvalue weighted by atomic mass is 35.5. The molecular formula is C19H31Cl2N5O. The molecule has 1 aliphatic heterocycles. The molecule has 0 atom stereocenters. The van der Waals surface area contributed by atoms with E-state index in [0.717, 1.165) is 55.6 Å². The molecule has 0 spiro atoms. The summed E-state index contributed by atoms with van der Waals surface area (Å²) in [6.45, 7) is 11.0. The second kappa shape index (κ2) is 10.2. The number of aromatic nitrogens is 3. The van der Waals surface area contributed by atoms with Crippen molar-refractivity contribution in [3.8, 4) is 0 Å². The van der Waals surface area contributed by atoms with Crippen molar-refractivity contribution in [2.45, 2.75) is 59.0 Å². The summed E-state index contributed by atoms with van der Waals surface area (Å²) in [4.78, 5) is 20.0. The van der Waals surface area contributed by atoms with E-state index in [1.54, 1.807) is 0 Å². The summed E-state index contributed by atoms with van der Waals surface area (Å²) < 4.78 is 1.91. The predicted octanol–water partition coefficient (Wildman–Crippen LogP) is 3.77. The van der Waals surface area contributed by atoms with Crippen LogP contribution < -0.4 is 5.32 Å². The molecule has 2 aromatic rings. The van der Waals surface area contributed by atoms with Crippen molar-refractivity contribution in [3.05, 3.63) is 23.5 Å². The molecule has 0 saturated carbocycles. The molecule has 0 aliphatic carbocycles. The Bertz CT molecular complexity index is 756. The van der Waals surface area contributed by atoms with Gasteiger partial charge in [-0.3, -0.25) is 4.79 Å². The average Bonchev–Trinajstić information content (AvgIpc) is 3.02. The van der Waals surface area contributed by atoms with E-state index in [-0.39, 0.29) is 36.8 Å². The second-order valence-electron chi connectivity index (χ2n) is 7.20. The zero-order valence-electron chi connectivity index (χ0n) is 16.6. The van der Waals surface area contributed by atoms with Crippen molar-refractivity contribution >= 4 is 41.8 Å². The van der Waals surface area contributed by atoms with E-state index in [4.69, 9.17) is 4.98 Å². The number of halogens is 2. The van der Waals surface area contributed by atoms with Gasteiger partial charge in [0.1, 0.15) is 0 Å². The Labute approximate surface area is 173 Å². The fourth-order valence-electron chi connectivity index (χ4n) is 3.62. The maximum atomic E-state index is 13.3. The van der Waals surface area contributed by atoms with Crippen molar-refractivity contribution < 1.29 is 4.79 Å². The van der Waals surface area contributed by atoms with Gasteiger partial charge in [0.05, 0.1) is 17.5 Å². The minimum absolute atomic E-state index is 0. The fourth-order valence-corrected chi connectivity index (χ4v) is 3.62. The van der Waals surface area contributed by atoms with E-state index in [2.05, 4.69) is 36.1 Å². The number of amides is 1. The van der Waals surface area contributed by atoms with Crippen molar-refractivity contribution in [2.75, 3.05) is 19.6 Å². The summed E-state index contributed by atoms with van der Waals surface area (Å²) in [7, 11) is 0. The smallest absolute Gasteiger partial charge is 0.255 e. The lowest BCUT2D eigenvalue weighted by Gasteiger charge is -2.35. The molecule has 152 valence electrons. The first kappa shape index (κ1) is 23.7. The van der Waals surface area contributed by atoms with Crippen LogP contribution >= 0.6 is 24.8 Å². The Kier molecular flexibility index (Phi) is 8.99. The molecule has 1 amide bonds. The summed E-state index contributed by atoms with van der Waals surface area (Å²) in [6.07, 6.45) is 4.82. The molecule has 6 nitrogen and oxygen atoms in total. The number of aryl methyl sites for hydroxylation is 1. The second-order valence-corrected chi connectivity index (χ2v) is 7.20. The van der Waals surface area contributed by atoms with E-state index in [1.165, 1.54) is 0 Å². The van der Waals surface area contributed by atoms with Gasteiger partial charge in [0.15, 0.2) is 5.65 Å². The maximum absolute atomic E-state index is 13.3. The monoisotopic (exact) mass is 415 g/mol. The standard InChI is InChI=1S/C19H29N5O.2ClH/c1-5-10-23(16-6-8-20-9-7-16)19(25)17-11-15-12-21-24(13(2)3)18(15)22-14(17)4;;/h11-13,16,20H,5-10H2,1-4H3;2*1H. The molecule has 2 aromatic heterocycles. The minimum Gasteiger partial charge on any atom is -0.336 e. The number of nitrogens with one attached hydrogen (secondary N) is 1. The highest BCUT2D eigenvalue weighted by molar-refractivity contribution is 5.98. The molecule has 3 heterocycles. The van der Waals surface area contributed by atoms with E-state index in [1.807, 2.05) is 23.9 Å². The van der Waals surface area contributed by atoms with Gasteiger partial charge in [-0.05, 0) is 59.2 Å². The first-order chi connectivity index (χ1) is 12.0.